The number of nitrogens with two attached hydrogens (primary N) is 1. The van der Waals surface area contributed by atoms with E-state index < -0.39 is 0 Å². The Bertz CT molecular complexity index is 46.9. The average Bonchev–Trinajstić information content (AvgIpc) is 1.83. The van der Waals surface area contributed by atoms with E-state index in [1.165, 1.54) is 0 Å². The molecule has 3 nitrogen and oxygen atoms in total. The van der Waals surface area contributed by atoms with Crippen LogP contribution in [0.3, 0.4) is 0 Å². The molecule has 0 saturated carbocycles. The van der Waals surface area contributed by atoms with Crippen molar-refractivity contribution in [2.75, 3.05) is 19.8 Å². The molecule has 0 bridgehead atoms. The molecule has 0 aliphatic heterocycles. The Kier molecular flexibility index (Phi) is 4.95. The summed E-state index contributed by atoms with van der Waals surface area (Å²) in [6.45, 7) is 6.74. The van der Waals surface area contributed by atoms with Crippen molar-refractivity contribution in [2.45, 2.75) is 13.8 Å². The Hall–Kier alpha value is -0.120. The molecule has 0 saturated heterocycles. The standard InChI is InChI=1S/C5H15N3/c1-3-7-5-8(6)4-2/h7H,3-6H2,1-2H3. The smallest absolute Gasteiger partial charge is 0.0618 e. The van der Waals surface area contributed by atoms with Crippen LogP contribution in [0.15, 0.2) is 0 Å². The van der Waals surface area contributed by atoms with Crippen LogP contribution < -0.4 is 11.2 Å². The molecule has 0 aromatic rings. The van der Waals surface area contributed by atoms with Gasteiger partial charge in [0.1, 0.15) is 0 Å². The van der Waals surface area contributed by atoms with Gasteiger partial charge in [-0.15, -0.1) is 0 Å². The van der Waals surface area contributed by atoms with Crippen LogP contribution in [0.25, 0.3) is 0 Å². The van der Waals surface area contributed by atoms with Crippen molar-refractivity contribution in [1.29, 1.82) is 0 Å². The second kappa shape index (κ2) is 5.03. The lowest BCUT2D eigenvalue weighted by Gasteiger charge is -2.12. The highest BCUT2D eigenvalue weighted by Crippen LogP contribution is 1.68. The molecule has 0 amide bonds. The molecule has 0 fully saturated rings. The van der Waals surface area contributed by atoms with E-state index in [4.69, 9.17) is 5.84 Å². The van der Waals surface area contributed by atoms with Gasteiger partial charge >= 0.3 is 0 Å². The van der Waals surface area contributed by atoms with Crippen LogP contribution in [0.4, 0.5) is 0 Å². The molecule has 3 N–H and O–H groups in total. The molecule has 0 unspecified atom stereocenters. The van der Waals surface area contributed by atoms with Crippen molar-refractivity contribution in [3.05, 3.63) is 0 Å². The van der Waals surface area contributed by atoms with E-state index in [-0.39, 0.29) is 0 Å². The lowest BCUT2D eigenvalue weighted by Crippen LogP contribution is -2.39. The topological polar surface area (TPSA) is 41.3 Å². The molecule has 0 aromatic carbocycles. The van der Waals surface area contributed by atoms with Gasteiger partial charge in [0.25, 0.3) is 0 Å². The lowest BCUT2D eigenvalue weighted by atomic mass is 10.7. The number of hydrogen-bond acceptors (Lipinski definition) is 3. The minimum Gasteiger partial charge on any atom is -0.304 e. The highest BCUT2D eigenvalue weighted by molar-refractivity contribution is 4.39. The summed E-state index contributed by atoms with van der Waals surface area (Å²) in [4.78, 5) is 0. The van der Waals surface area contributed by atoms with Crippen LogP contribution in [-0.4, -0.2) is 24.8 Å². The van der Waals surface area contributed by atoms with Crippen molar-refractivity contribution >= 4 is 0 Å². The Morgan fingerprint density at radius 2 is 2.12 bits per heavy atom. The van der Waals surface area contributed by atoms with Gasteiger partial charge < -0.3 is 5.32 Å². The zero-order chi connectivity index (χ0) is 6.41. The maximum Gasteiger partial charge on any atom is 0.0618 e. The number of rotatable bonds is 4. The third kappa shape index (κ3) is 4.05. The monoisotopic (exact) mass is 117 g/mol. The van der Waals surface area contributed by atoms with Gasteiger partial charge in [0.15, 0.2) is 0 Å². The molecule has 0 aliphatic carbocycles. The Balaban J connectivity index is 2.86. The van der Waals surface area contributed by atoms with Crippen LogP contribution in [0.5, 0.6) is 0 Å². The zero-order valence-electron chi connectivity index (χ0n) is 5.65. The summed E-state index contributed by atoms with van der Waals surface area (Å²) in [6.07, 6.45) is 0. The Morgan fingerprint density at radius 1 is 1.50 bits per heavy atom. The first-order valence-electron chi connectivity index (χ1n) is 3.01. The summed E-state index contributed by atoms with van der Waals surface area (Å²) in [5, 5.41) is 4.83. The van der Waals surface area contributed by atoms with Crippen LogP contribution in [-0.2, 0) is 0 Å². The fourth-order valence-corrected chi connectivity index (χ4v) is 0.367. The number of hydrazine groups is 1. The van der Waals surface area contributed by atoms with Crippen LogP contribution >= 0.6 is 0 Å². The van der Waals surface area contributed by atoms with E-state index in [1.807, 2.05) is 6.92 Å². The van der Waals surface area contributed by atoms with Crippen LogP contribution in [0.2, 0.25) is 0 Å². The fourth-order valence-electron chi connectivity index (χ4n) is 0.367. The summed E-state index contributed by atoms with van der Waals surface area (Å²) in [5.74, 6) is 5.43. The maximum absolute atomic E-state index is 5.43. The van der Waals surface area contributed by atoms with Crippen LogP contribution in [0.1, 0.15) is 13.8 Å². The quantitative estimate of drug-likeness (QED) is 0.303. The molecule has 0 radical (unpaired) electrons. The Labute approximate surface area is 50.8 Å². The van der Waals surface area contributed by atoms with E-state index in [1.54, 1.807) is 5.01 Å². The normalized spacial score (nSPS) is 10.5. The lowest BCUT2D eigenvalue weighted by molar-refractivity contribution is 0.277. The molecule has 0 spiro atoms. The molecule has 0 heterocycles. The first-order valence-corrected chi connectivity index (χ1v) is 3.01. The predicted molar refractivity (Wildman–Crippen MR) is 35.1 cm³/mol. The van der Waals surface area contributed by atoms with Gasteiger partial charge in [-0.1, -0.05) is 13.8 Å². The average molecular weight is 117 g/mol. The van der Waals surface area contributed by atoms with Crippen molar-refractivity contribution in [3.63, 3.8) is 0 Å². The summed E-state index contributed by atoms with van der Waals surface area (Å²) in [7, 11) is 0. The second-order valence-electron chi connectivity index (χ2n) is 1.67. The molecule has 50 valence electrons. The number of nitrogens with one attached hydrogen (secondary N) is 1. The third-order valence-electron chi connectivity index (χ3n) is 0.971. The fraction of sp³-hybridized carbons (Fsp3) is 1.00. The second-order valence-corrected chi connectivity index (χ2v) is 1.67. The van der Waals surface area contributed by atoms with Gasteiger partial charge in [-0.3, -0.25) is 5.84 Å². The van der Waals surface area contributed by atoms with Crippen LogP contribution in [0, 0.1) is 0 Å². The van der Waals surface area contributed by atoms with Crippen molar-refractivity contribution in [3.8, 4) is 0 Å². The number of hydrogen-bond donors (Lipinski definition) is 2. The maximum atomic E-state index is 5.43. The third-order valence-corrected chi connectivity index (χ3v) is 0.971. The Morgan fingerprint density at radius 3 is 2.50 bits per heavy atom. The molecule has 0 atom stereocenters. The van der Waals surface area contributed by atoms with Crippen molar-refractivity contribution in [2.24, 2.45) is 5.84 Å². The molecular formula is C5H15N3. The van der Waals surface area contributed by atoms with Gasteiger partial charge in [0.2, 0.25) is 0 Å². The first-order chi connectivity index (χ1) is 3.81. The summed E-state index contributed by atoms with van der Waals surface area (Å²) < 4.78 is 0. The minimum absolute atomic E-state index is 0.785. The summed E-state index contributed by atoms with van der Waals surface area (Å²) in [5.41, 5.74) is 0. The molecule has 0 aromatic heterocycles. The summed E-state index contributed by atoms with van der Waals surface area (Å²) in [6, 6.07) is 0. The van der Waals surface area contributed by atoms with E-state index in [0.717, 1.165) is 19.8 Å². The van der Waals surface area contributed by atoms with E-state index in [9.17, 15) is 0 Å². The predicted octanol–water partition coefficient (Wildman–Crippen LogP) is -0.251. The molecule has 8 heavy (non-hydrogen) atoms. The van der Waals surface area contributed by atoms with E-state index >= 15 is 0 Å². The van der Waals surface area contributed by atoms with E-state index in [2.05, 4.69) is 12.2 Å². The van der Waals surface area contributed by atoms with Crippen molar-refractivity contribution < 1.29 is 0 Å². The molecular weight excluding hydrogens is 102 g/mol. The largest absolute Gasteiger partial charge is 0.304 e. The molecule has 0 aliphatic rings. The highest BCUT2D eigenvalue weighted by atomic mass is 15.4. The molecule has 0 rings (SSSR count). The SMILES string of the molecule is CCNCN(N)CC. The van der Waals surface area contributed by atoms with Gasteiger partial charge in [-0.05, 0) is 6.54 Å². The van der Waals surface area contributed by atoms with Gasteiger partial charge in [0.05, 0.1) is 6.67 Å². The van der Waals surface area contributed by atoms with Crippen molar-refractivity contribution in [1.82, 2.24) is 10.3 Å². The van der Waals surface area contributed by atoms with Gasteiger partial charge in [-0.2, -0.15) is 0 Å². The first kappa shape index (κ1) is 7.88. The summed E-state index contributed by atoms with van der Waals surface area (Å²) >= 11 is 0. The highest BCUT2D eigenvalue weighted by Gasteiger charge is 1.88. The molecule has 3 heteroatoms. The zero-order valence-corrected chi connectivity index (χ0v) is 5.65. The number of nitrogens with zero attached hydrogens (tertiary/aromatic N) is 1. The minimum atomic E-state index is 0.785. The van der Waals surface area contributed by atoms with E-state index in [0.29, 0.717) is 0 Å². The van der Waals surface area contributed by atoms with Gasteiger partial charge in [-0.25, -0.2) is 5.01 Å². The van der Waals surface area contributed by atoms with Gasteiger partial charge in [0, 0.05) is 6.54 Å².